The normalized spacial score (nSPS) is 11.9. The SMILES string of the molecule is Cc1nn(C)c(CC(=O)C(F)(F)F)c1Br. The molecule has 0 aromatic carbocycles. The number of rotatable bonds is 2. The van der Waals surface area contributed by atoms with Gasteiger partial charge in [-0.15, -0.1) is 0 Å². The van der Waals surface area contributed by atoms with E-state index in [1.54, 1.807) is 6.92 Å². The number of carbonyl (C=O) groups excluding carboxylic acids is 1. The summed E-state index contributed by atoms with van der Waals surface area (Å²) in [5, 5.41) is 3.90. The minimum Gasteiger partial charge on any atom is -0.289 e. The van der Waals surface area contributed by atoms with Crippen LogP contribution in [0.25, 0.3) is 0 Å². The molecule has 0 saturated heterocycles. The summed E-state index contributed by atoms with van der Waals surface area (Å²) < 4.78 is 37.7. The minimum absolute atomic E-state index is 0.231. The number of aryl methyl sites for hydroxylation is 2. The van der Waals surface area contributed by atoms with Crippen LogP contribution >= 0.6 is 15.9 Å². The second kappa shape index (κ2) is 3.96. The van der Waals surface area contributed by atoms with Gasteiger partial charge in [0, 0.05) is 7.05 Å². The molecule has 0 atom stereocenters. The number of Topliss-reactive ketones (excluding diaryl/α,β-unsaturated/α-hetero) is 1. The van der Waals surface area contributed by atoms with Crippen LogP contribution in [0, 0.1) is 6.92 Å². The lowest BCUT2D eigenvalue weighted by molar-refractivity contribution is -0.170. The Bertz CT molecular complexity index is 397. The maximum absolute atomic E-state index is 12.0. The van der Waals surface area contributed by atoms with Gasteiger partial charge in [-0.25, -0.2) is 0 Å². The molecule has 0 unspecified atom stereocenters. The number of hydrogen-bond acceptors (Lipinski definition) is 2. The van der Waals surface area contributed by atoms with E-state index >= 15 is 0 Å². The summed E-state index contributed by atoms with van der Waals surface area (Å²) in [6.45, 7) is 1.64. The molecule has 7 heteroatoms. The standard InChI is InChI=1S/C8H8BrF3N2O/c1-4-7(9)5(14(2)13-4)3-6(15)8(10,11)12/h3H2,1-2H3. The van der Waals surface area contributed by atoms with Crippen molar-refractivity contribution >= 4 is 21.7 Å². The molecular formula is C8H8BrF3N2O. The Morgan fingerprint density at radius 1 is 1.53 bits per heavy atom. The van der Waals surface area contributed by atoms with Gasteiger partial charge in [-0.05, 0) is 22.9 Å². The van der Waals surface area contributed by atoms with Crippen molar-refractivity contribution in [3.8, 4) is 0 Å². The van der Waals surface area contributed by atoms with Crippen LogP contribution in [-0.4, -0.2) is 21.7 Å². The average Bonchev–Trinajstić information content (AvgIpc) is 2.30. The summed E-state index contributed by atoms with van der Waals surface area (Å²) in [7, 11) is 1.50. The zero-order valence-electron chi connectivity index (χ0n) is 8.02. The van der Waals surface area contributed by atoms with Gasteiger partial charge in [0.05, 0.1) is 22.3 Å². The fraction of sp³-hybridized carbons (Fsp3) is 0.500. The average molecular weight is 285 g/mol. The molecule has 0 fully saturated rings. The monoisotopic (exact) mass is 284 g/mol. The molecule has 15 heavy (non-hydrogen) atoms. The fourth-order valence-corrected chi connectivity index (χ4v) is 1.60. The molecule has 0 N–H and O–H groups in total. The zero-order chi connectivity index (χ0) is 11.8. The number of nitrogens with zero attached hydrogens (tertiary/aromatic N) is 2. The Balaban J connectivity index is 2.95. The van der Waals surface area contributed by atoms with E-state index in [0.29, 0.717) is 10.2 Å². The smallest absolute Gasteiger partial charge is 0.289 e. The number of carbonyl (C=O) groups is 1. The van der Waals surface area contributed by atoms with Crippen LogP contribution in [0.3, 0.4) is 0 Å². The third-order valence-corrected chi connectivity index (χ3v) is 2.94. The second-order valence-electron chi connectivity index (χ2n) is 3.07. The number of ketones is 1. The van der Waals surface area contributed by atoms with Crippen molar-refractivity contribution in [1.29, 1.82) is 0 Å². The number of hydrogen-bond donors (Lipinski definition) is 0. The Kier molecular flexibility index (Phi) is 3.22. The molecule has 0 aliphatic rings. The van der Waals surface area contributed by atoms with Crippen LogP contribution in [0.15, 0.2) is 4.47 Å². The largest absolute Gasteiger partial charge is 0.450 e. The molecule has 0 bridgehead atoms. The van der Waals surface area contributed by atoms with E-state index in [9.17, 15) is 18.0 Å². The van der Waals surface area contributed by atoms with Gasteiger partial charge in [-0.3, -0.25) is 9.48 Å². The van der Waals surface area contributed by atoms with Gasteiger partial charge in [0.25, 0.3) is 0 Å². The molecule has 0 spiro atoms. The predicted octanol–water partition coefficient (Wildman–Crippen LogP) is 2.16. The van der Waals surface area contributed by atoms with E-state index in [0.717, 1.165) is 0 Å². The Morgan fingerprint density at radius 3 is 2.40 bits per heavy atom. The van der Waals surface area contributed by atoms with Crippen molar-refractivity contribution in [2.45, 2.75) is 19.5 Å². The van der Waals surface area contributed by atoms with Crippen LogP contribution in [-0.2, 0) is 18.3 Å². The first-order valence-corrected chi connectivity index (χ1v) is 4.80. The van der Waals surface area contributed by atoms with Crippen molar-refractivity contribution in [2.75, 3.05) is 0 Å². The molecule has 1 rings (SSSR count). The van der Waals surface area contributed by atoms with Crippen LogP contribution < -0.4 is 0 Å². The Morgan fingerprint density at radius 2 is 2.07 bits per heavy atom. The van der Waals surface area contributed by atoms with Gasteiger partial charge in [0.15, 0.2) is 0 Å². The van der Waals surface area contributed by atoms with Crippen molar-refractivity contribution in [2.24, 2.45) is 7.05 Å². The molecule has 1 heterocycles. The lowest BCUT2D eigenvalue weighted by atomic mass is 10.2. The molecule has 1 aromatic rings. The van der Waals surface area contributed by atoms with Crippen LogP contribution in [0.5, 0.6) is 0 Å². The van der Waals surface area contributed by atoms with Crippen LogP contribution in [0.1, 0.15) is 11.4 Å². The van der Waals surface area contributed by atoms with E-state index in [2.05, 4.69) is 21.0 Å². The van der Waals surface area contributed by atoms with Gasteiger partial charge in [0.2, 0.25) is 5.78 Å². The topological polar surface area (TPSA) is 34.9 Å². The van der Waals surface area contributed by atoms with Crippen LogP contribution in [0.4, 0.5) is 13.2 Å². The highest BCUT2D eigenvalue weighted by Gasteiger charge is 2.38. The molecule has 0 amide bonds. The Labute approximate surface area is 92.4 Å². The number of halogens is 4. The summed E-state index contributed by atoms with van der Waals surface area (Å²) >= 11 is 3.09. The van der Waals surface area contributed by atoms with E-state index in [-0.39, 0.29) is 5.69 Å². The quantitative estimate of drug-likeness (QED) is 0.834. The maximum Gasteiger partial charge on any atom is 0.450 e. The highest BCUT2D eigenvalue weighted by atomic mass is 79.9. The van der Waals surface area contributed by atoms with E-state index in [4.69, 9.17) is 0 Å². The minimum atomic E-state index is -4.79. The van der Waals surface area contributed by atoms with E-state index in [1.807, 2.05) is 0 Å². The number of alkyl halides is 3. The lowest BCUT2D eigenvalue weighted by Gasteiger charge is -2.05. The highest BCUT2D eigenvalue weighted by Crippen LogP contribution is 2.24. The summed E-state index contributed by atoms with van der Waals surface area (Å²) in [5.41, 5.74) is 0.789. The van der Waals surface area contributed by atoms with Gasteiger partial charge in [-0.1, -0.05) is 0 Å². The third kappa shape index (κ3) is 2.58. The molecule has 0 saturated carbocycles. The first-order chi connectivity index (χ1) is 6.73. The van der Waals surface area contributed by atoms with Gasteiger partial charge < -0.3 is 0 Å². The summed E-state index contributed by atoms with van der Waals surface area (Å²) in [6.07, 6.45) is -5.49. The maximum atomic E-state index is 12.0. The summed E-state index contributed by atoms with van der Waals surface area (Å²) in [4.78, 5) is 10.8. The molecular weight excluding hydrogens is 277 g/mol. The third-order valence-electron chi connectivity index (χ3n) is 1.91. The van der Waals surface area contributed by atoms with Crippen LogP contribution in [0.2, 0.25) is 0 Å². The molecule has 0 aliphatic carbocycles. The van der Waals surface area contributed by atoms with Gasteiger partial charge in [-0.2, -0.15) is 18.3 Å². The highest BCUT2D eigenvalue weighted by molar-refractivity contribution is 9.10. The molecule has 0 radical (unpaired) electrons. The van der Waals surface area contributed by atoms with Gasteiger partial charge in [0.1, 0.15) is 0 Å². The lowest BCUT2D eigenvalue weighted by Crippen LogP contribution is -2.25. The summed E-state index contributed by atoms with van der Waals surface area (Å²) in [5.74, 6) is -1.77. The van der Waals surface area contributed by atoms with Crippen molar-refractivity contribution in [3.05, 3.63) is 15.9 Å². The first-order valence-electron chi connectivity index (χ1n) is 4.01. The first kappa shape index (κ1) is 12.2. The zero-order valence-corrected chi connectivity index (χ0v) is 9.61. The Hall–Kier alpha value is -0.850. The predicted molar refractivity (Wildman–Crippen MR) is 50.4 cm³/mol. The fourth-order valence-electron chi connectivity index (χ4n) is 1.12. The van der Waals surface area contributed by atoms with Gasteiger partial charge >= 0.3 is 6.18 Å². The molecule has 0 aliphatic heterocycles. The molecule has 1 aromatic heterocycles. The van der Waals surface area contributed by atoms with Crippen molar-refractivity contribution < 1.29 is 18.0 Å². The van der Waals surface area contributed by atoms with Crippen molar-refractivity contribution in [1.82, 2.24) is 9.78 Å². The number of aromatic nitrogens is 2. The molecule has 84 valence electrons. The molecule has 3 nitrogen and oxygen atoms in total. The second-order valence-corrected chi connectivity index (χ2v) is 3.86. The van der Waals surface area contributed by atoms with Crippen molar-refractivity contribution in [3.63, 3.8) is 0 Å². The summed E-state index contributed by atoms with van der Waals surface area (Å²) in [6, 6.07) is 0. The van der Waals surface area contributed by atoms with E-state index in [1.165, 1.54) is 11.7 Å². The van der Waals surface area contributed by atoms with E-state index < -0.39 is 18.4 Å².